The highest BCUT2D eigenvalue weighted by atomic mass is 127. The fourth-order valence-electron chi connectivity index (χ4n) is 1.68. The van der Waals surface area contributed by atoms with Crippen molar-refractivity contribution in [2.45, 2.75) is 64.9 Å². The summed E-state index contributed by atoms with van der Waals surface area (Å²) in [5.41, 5.74) is -0.449. The van der Waals surface area contributed by atoms with Gasteiger partial charge in [0.05, 0.1) is 6.61 Å². The number of nitrogens with one attached hydrogen (secondary N) is 1. The summed E-state index contributed by atoms with van der Waals surface area (Å²) in [6.07, 6.45) is 5.13. The Bertz CT molecular complexity index is 318. The van der Waals surface area contributed by atoms with Gasteiger partial charge in [-0.2, -0.15) is 0 Å². The molecule has 1 N–H and O–H groups in total. The standard InChI is InChI=1S/C15H28INO5/c1-15(2,3)22-13(18)17-10-8-6-4-5-7-9-11-20-14(19)21-12-16/h4-12H2,1-3H3,(H,17,18). The van der Waals surface area contributed by atoms with Crippen LogP contribution in [0.2, 0.25) is 0 Å². The summed E-state index contributed by atoms with van der Waals surface area (Å²) in [5, 5.41) is 2.74. The highest BCUT2D eigenvalue weighted by molar-refractivity contribution is 14.1. The fraction of sp³-hybridized carbons (Fsp3) is 0.867. The van der Waals surface area contributed by atoms with Crippen molar-refractivity contribution in [3.8, 4) is 0 Å². The van der Waals surface area contributed by atoms with E-state index in [1.54, 1.807) is 0 Å². The van der Waals surface area contributed by atoms with E-state index in [2.05, 4.69) is 10.1 Å². The number of carbonyl (C=O) groups is 2. The van der Waals surface area contributed by atoms with Crippen LogP contribution < -0.4 is 5.32 Å². The monoisotopic (exact) mass is 429 g/mol. The molecule has 0 saturated heterocycles. The highest BCUT2D eigenvalue weighted by Crippen LogP contribution is 2.07. The number of ether oxygens (including phenoxy) is 3. The SMILES string of the molecule is CC(C)(C)OC(=O)NCCCCCCCCOC(=O)OCI. The van der Waals surface area contributed by atoms with Crippen molar-refractivity contribution in [2.24, 2.45) is 0 Å². The van der Waals surface area contributed by atoms with Gasteiger partial charge in [-0.3, -0.25) is 0 Å². The summed E-state index contributed by atoms with van der Waals surface area (Å²) in [4.78, 5) is 22.3. The molecule has 0 unspecified atom stereocenters. The molecule has 0 heterocycles. The van der Waals surface area contributed by atoms with Crippen molar-refractivity contribution in [1.82, 2.24) is 5.32 Å². The molecule has 0 rings (SSSR count). The number of alkyl halides is 1. The maximum absolute atomic E-state index is 11.4. The fourth-order valence-corrected chi connectivity index (χ4v) is 1.93. The van der Waals surface area contributed by atoms with Crippen LogP contribution in [0.25, 0.3) is 0 Å². The zero-order valence-electron chi connectivity index (χ0n) is 13.8. The number of rotatable bonds is 10. The van der Waals surface area contributed by atoms with Gasteiger partial charge in [-0.05, 0) is 56.2 Å². The Kier molecular flexibility index (Phi) is 12.4. The predicted octanol–water partition coefficient (Wildman–Crippen LogP) is 4.40. The molecule has 6 nitrogen and oxygen atoms in total. The molecule has 0 saturated carbocycles. The number of alkyl carbamates (subject to hydrolysis) is 1. The molecule has 0 radical (unpaired) electrons. The minimum Gasteiger partial charge on any atom is -0.444 e. The molecule has 0 aliphatic heterocycles. The first-order valence-corrected chi connectivity index (χ1v) is 9.20. The van der Waals surface area contributed by atoms with E-state index in [0.29, 0.717) is 17.8 Å². The minimum absolute atomic E-state index is 0.313. The zero-order valence-corrected chi connectivity index (χ0v) is 15.9. The van der Waals surface area contributed by atoms with Crippen LogP contribution in [0, 0.1) is 0 Å². The molecule has 130 valence electrons. The van der Waals surface area contributed by atoms with Crippen LogP contribution in [0.3, 0.4) is 0 Å². The topological polar surface area (TPSA) is 73.9 Å². The van der Waals surface area contributed by atoms with Crippen molar-refractivity contribution < 1.29 is 23.8 Å². The summed E-state index contributed by atoms with van der Waals surface area (Å²) in [5.74, 6) is 0. The lowest BCUT2D eigenvalue weighted by Gasteiger charge is -2.19. The Morgan fingerprint density at radius 3 is 2.14 bits per heavy atom. The van der Waals surface area contributed by atoms with Crippen molar-refractivity contribution in [3.63, 3.8) is 0 Å². The summed E-state index contributed by atoms with van der Waals surface area (Å²) in [7, 11) is 0. The smallest absolute Gasteiger partial charge is 0.444 e. The highest BCUT2D eigenvalue weighted by Gasteiger charge is 2.15. The molecule has 0 aromatic rings. The lowest BCUT2D eigenvalue weighted by molar-refractivity contribution is 0.0526. The molecule has 0 bridgehead atoms. The molecular weight excluding hydrogens is 401 g/mol. The molecule has 0 aliphatic carbocycles. The van der Waals surface area contributed by atoms with Gasteiger partial charge in [-0.25, -0.2) is 9.59 Å². The molecule has 22 heavy (non-hydrogen) atoms. The molecular formula is C15H28INO5. The van der Waals surface area contributed by atoms with Crippen LogP contribution >= 0.6 is 22.6 Å². The van der Waals surface area contributed by atoms with E-state index in [1.807, 2.05) is 43.4 Å². The van der Waals surface area contributed by atoms with Gasteiger partial charge in [0.1, 0.15) is 10.2 Å². The molecule has 1 amide bonds. The predicted molar refractivity (Wildman–Crippen MR) is 93.3 cm³/mol. The van der Waals surface area contributed by atoms with Gasteiger partial charge >= 0.3 is 12.2 Å². The van der Waals surface area contributed by atoms with Crippen molar-refractivity contribution in [2.75, 3.05) is 17.8 Å². The third-order valence-electron chi connectivity index (χ3n) is 2.63. The van der Waals surface area contributed by atoms with E-state index < -0.39 is 11.8 Å². The van der Waals surface area contributed by atoms with Crippen LogP contribution in [0.1, 0.15) is 59.3 Å². The second-order valence-corrected chi connectivity index (χ2v) is 6.52. The number of hydrogen-bond donors (Lipinski definition) is 1. The molecule has 0 aromatic carbocycles. The van der Waals surface area contributed by atoms with Crippen molar-refractivity contribution >= 4 is 34.8 Å². The first-order chi connectivity index (χ1) is 10.3. The maximum Gasteiger partial charge on any atom is 0.509 e. The number of amides is 1. The molecule has 0 spiro atoms. The Hall–Kier alpha value is -0.730. The normalized spacial score (nSPS) is 10.9. The number of unbranched alkanes of at least 4 members (excludes halogenated alkanes) is 5. The Labute approximate surface area is 146 Å². The van der Waals surface area contributed by atoms with Gasteiger partial charge < -0.3 is 19.5 Å². The van der Waals surface area contributed by atoms with Crippen LogP contribution in [0.5, 0.6) is 0 Å². The lowest BCUT2D eigenvalue weighted by Crippen LogP contribution is -2.32. The number of hydrogen-bond acceptors (Lipinski definition) is 5. The van der Waals surface area contributed by atoms with Crippen LogP contribution in [-0.2, 0) is 14.2 Å². The van der Waals surface area contributed by atoms with Crippen molar-refractivity contribution in [1.29, 1.82) is 0 Å². The van der Waals surface area contributed by atoms with E-state index in [1.165, 1.54) is 0 Å². The summed E-state index contributed by atoms with van der Waals surface area (Å²) < 4.78 is 15.0. The largest absolute Gasteiger partial charge is 0.509 e. The second-order valence-electron chi connectivity index (χ2n) is 5.90. The van der Waals surface area contributed by atoms with Gasteiger partial charge in [-0.1, -0.05) is 25.7 Å². The van der Waals surface area contributed by atoms with E-state index in [0.717, 1.165) is 38.5 Å². The van der Waals surface area contributed by atoms with E-state index in [9.17, 15) is 9.59 Å². The quantitative estimate of drug-likeness (QED) is 0.241. The van der Waals surface area contributed by atoms with Gasteiger partial charge in [0.15, 0.2) is 0 Å². The first kappa shape index (κ1) is 21.3. The van der Waals surface area contributed by atoms with Crippen molar-refractivity contribution in [3.05, 3.63) is 0 Å². The summed E-state index contributed by atoms with van der Waals surface area (Å²) >= 11 is 1.95. The average Bonchev–Trinajstić information content (AvgIpc) is 2.39. The Balaban J connectivity index is 3.27. The maximum atomic E-state index is 11.4. The van der Waals surface area contributed by atoms with Crippen LogP contribution in [0.15, 0.2) is 0 Å². The van der Waals surface area contributed by atoms with Gasteiger partial charge in [0.25, 0.3) is 0 Å². The lowest BCUT2D eigenvalue weighted by atomic mass is 10.1. The minimum atomic E-state index is -0.595. The van der Waals surface area contributed by atoms with Gasteiger partial charge in [0, 0.05) is 6.54 Å². The molecule has 0 aromatic heterocycles. The third-order valence-corrected chi connectivity index (χ3v) is 2.94. The third kappa shape index (κ3) is 15.7. The van der Waals surface area contributed by atoms with Crippen LogP contribution in [-0.4, -0.2) is 35.6 Å². The molecule has 0 aliphatic rings. The summed E-state index contributed by atoms with van der Waals surface area (Å²) in [6, 6.07) is 0. The van der Waals surface area contributed by atoms with E-state index in [-0.39, 0.29) is 6.09 Å². The van der Waals surface area contributed by atoms with E-state index >= 15 is 0 Å². The summed E-state index contributed by atoms with van der Waals surface area (Å²) in [6.45, 7) is 6.59. The van der Waals surface area contributed by atoms with Gasteiger partial charge in [-0.15, -0.1) is 0 Å². The Morgan fingerprint density at radius 2 is 1.55 bits per heavy atom. The first-order valence-electron chi connectivity index (χ1n) is 7.67. The number of carbonyl (C=O) groups excluding carboxylic acids is 2. The molecule has 7 heteroatoms. The Morgan fingerprint density at radius 1 is 0.955 bits per heavy atom. The molecule has 0 atom stereocenters. The van der Waals surface area contributed by atoms with Gasteiger partial charge in [0.2, 0.25) is 0 Å². The zero-order chi connectivity index (χ0) is 16.8. The van der Waals surface area contributed by atoms with Crippen LogP contribution in [0.4, 0.5) is 9.59 Å². The molecule has 0 fully saturated rings. The second kappa shape index (κ2) is 12.8. The van der Waals surface area contributed by atoms with E-state index in [4.69, 9.17) is 9.47 Å². The number of halogens is 1. The average molecular weight is 429 g/mol.